The summed E-state index contributed by atoms with van der Waals surface area (Å²) in [5.41, 5.74) is 2.14. The molecule has 0 aliphatic carbocycles. The second-order valence-electron chi connectivity index (χ2n) is 9.39. The zero-order valence-electron chi connectivity index (χ0n) is 19.8. The number of ether oxygens (including phenoxy) is 1. The lowest BCUT2D eigenvalue weighted by atomic mass is 9.87. The lowest BCUT2D eigenvalue weighted by Crippen LogP contribution is -2.48. The summed E-state index contributed by atoms with van der Waals surface area (Å²) < 4.78 is 35.5. The molecule has 0 saturated heterocycles. The molecule has 3 aromatic rings. The van der Waals surface area contributed by atoms with Crippen molar-refractivity contribution in [3.63, 3.8) is 0 Å². The fraction of sp³-hybridized carbons (Fsp3) is 0.370. The Morgan fingerprint density at radius 3 is 2.74 bits per heavy atom. The Kier molecular flexibility index (Phi) is 6.83. The molecule has 180 valence electrons. The quantitative estimate of drug-likeness (QED) is 0.314. The molecule has 0 spiro atoms. The first-order valence-electron chi connectivity index (χ1n) is 11.5. The smallest absolute Gasteiger partial charge is 0.330 e. The van der Waals surface area contributed by atoms with E-state index in [2.05, 4.69) is 4.98 Å². The molecule has 1 aliphatic heterocycles. The van der Waals surface area contributed by atoms with E-state index in [1.54, 1.807) is 13.0 Å². The van der Waals surface area contributed by atoms with Crippen LogP contribution >= 0.6 is 11.6 Å². The van der Waals surface area contributed by atoms with E-state index in [-0.39, 0.29) is 24.2 Å². The maximum absolute atomic E-state index is 15.7. The number of hydrogen-bond acceptors (Lipinski definition) is 3. The average molecular weight is 487 g/mol. The number of fused-ring (bicyclic) bond motifs is 3. The fourth-order valence-electron chi connectivity index (χ4n) is 4.81. The molecule has 4 nitrogen and oxygen atoms in total. The van der Waals surface area contributed by atoms with Gasteiger partial charge in [0, 0.05) is 45.8 Å². The van der Waals surface area contributed by atoms with E-state index >= 15 is 4.39 Å². The molecule has 1 aromatic heterocycles. The highest BCUT2D eigenvalue weighted by molar-refractivity contribution is 6.31. The number of aromatic amines is 1. The number of para-hydroxylation sites is 1. The molecule has 2 atom stereocenters. The summed E-state index contributed by atoms with van der Waals surface area (Å²) in [5.74, 6) is -1.02. The van der Waals surface area contributed by atoms with Gasteiger partial charge >= 0.3 is 5.97 Å². The first-order chi connectivity index (χ1) is 16.1. The first-order valence-corrected chi connectivity index (χ1v) is 11.8. The number of carbonyl (C=O) groups is 1. The molecule has 2 heterocycles. The highest BCUT2D eigenvalue weighted by atomic mass is 35.5. The first kappa shape index (κ1) is 24.4. The van der Waals surface area contributed by atoms with Gasteiger partial charge in [-0.3, -0.25) is 4.90 Å². The third-order valence-corrected chi connectivity index (χ3v) is 6.46. The highest BCUT2D eigenvalue weighted by Crippen LogP contribution is 2.44. The molecule has 0 saturated carbocycles. The monoisotopic (exact) mass is 486 g/mol. The van der Waals surface area contributed by atoms with Crippen LogP contribution in [0.2, 0.25) is 5.02 Å². The number of nitrogens with one attached hydrogen (secondary N) is 1. The van der Waals surface area contributed by atoms with Crippen molar-refractivity contribution < 1.29 is 18.3 Å². The Morgan fingerprint density at radius 1 is 1.32 bits per heavy atom. The minimum Gasteiger partial charge on any atom is -0.463 e. The van der Waals surface area contributed by atoms with Crippen LogP contribution in [0.25, 0.3) is 17.0 Å². The number of esters is 1. The summed E-state index contributed by atoms with van der Waals surface area (Å²) in [6.45, 7) is 7.17. The lowest BCUT2D eigenvalue weighted by molar-refractivity contribution is -0.137. The predicted octanol–water partition coefficient (Wildman–Crippen LogP) is 6.62. The van der Waals surface area contributed by atoms with Crippen LogP contribution in [-0.2, 0) is 16.0 Å². The van der Waals surface area contributed by atoms with Gasteiger partial charge in [-0.05, 0) is 69.5 Å². The summed E-state index contributed by atoms with van der Waals surface area (Å²) in [4.78, 5) is 17.1. The van der Waals surface area contributed by atoms with Crippen molar-refractivity contribution in [1.82, 2.24) is 9.88 Å². The van der Waals surface area contributed by atoms with E-state index < -0.39 is 23.5 Å². The van der Waals surface area contributed by atoms with Crippen molar-refractivity contribution in [2.75, 3.05) is 13.2 Å². The van der Waals surface area contributed by atoms with Crippen molar-refractivity contribution in [3.05, 3.63) is 75.7 Å². The Labute approximate surface area is 203 Å². The number of nitrogens with zero attached hydrogens (tertiary/aromatic N) is 1. The zero-order valence-corrected chi connectivity index (χ0v) is 20.5. The largest absolute Gasteiger partial charge is 0.463 e. The van der Waals surface area contributed by atoms with Crippen LogP contribution in [0, 0.1) is 5.82 Å². The van der Waals surface area contributed by atoms with Crippen LogP contribution in [0.3, 0.4) is 0 Å². The number of benzene rings is 2. The van der Waals surface area contributed by atoms with Crippen molar-refractivity contribution in [2.24, 2.45) is 0 Å². The van der Waals surface area contributed by atoms with Gasteiger partial charge in [0.05, 0.1) is 12.6 Å². The van der Waals surface area contributed by atoms with Crippen LogP contribution in [0.1, 0.15) is 56.1 Å². The Morgan fingerprint density at radius 2 is 2.06 bits per heavy atom. The topological polar surface area (TPSA) is 45.3 Å². The molecule has 2 aromatic carbocycles. The minimum absolute atomic E-state index is 0.0365. The summed E-state index contributed by atoms with van der Waals surface area (Å²) in [5, 5.41) is 1.30. The molecule has 0 amide bonds. The van der Waals surface area contributed by atoms with Crippen molar-refractivity contribution in [1.29, 1.82) is 0 Å². The van der Waals surface area contributed by atoms with Crippen LogP contribution in [-0.4, -0.2) is 40.7 Å². The molecule has 1 aliphatic rings. The lowest BCUT2D eigenvalue weighted by Gasteiger charge is -2.43. The van der Waals surface area contributed by atoms with E-state index in [0.29, 0.717) is 17.5 Å². The second kappa shape index (κ2) is 9.51. The average Bonchev–Trinajstić information content (AvgIpc) is 3.11. The molecule has 4 rings (SSSR count). The van der Waals surface area contributed by atoms with Gasteiger partial charge in [-0.1, -0.05) is 29.8 Å². The molecule has 0 unspecified atom stereocenters. The number of halogens is 3. The number of carbonyl (C=O) groups excluding carboxylic acids is 1. The third-order valence-electron chi connectivity index (χ3n) is 6.15. The van der Waals surface area contributed by atoms with Crippen molar-refractivity contribution in [3.8, 4) is 0 Å². The fourth-order valence-corrected chi connectivity index (χ4v) is 5.13. The van der Waals surface area contributed by atoms with Crippen molar-refractivity contribution >= 4 is 34.5 Å². The number of alkyl halides is 1. The molecule has 7 heteroatoms. The van der Waals surface area contributed by atoms with Gasteiger partial charge in [0.1, 0.15) is 11.5 Å². The standard InChI is InChI=1S/C27H29ClF2N2O2/c1-5-34-23(33)11-10-17-13-20(28)24(21(29)14-17)26-25-19(18-8-6-7-9-22(18)31-25)12-16(2)32(26)15-27(3,4)30/h6-11,13-14,16,26,31H,5,12,15H2,1-4H3/b11-10+/t16-,26-/m1/s1. The van der Waals surface area contributed by atoms with Gasteiger partial charge in [-0.2, -0.15) is 0 Å². The second-order valence-corrected chi connectivity index (χ2v) is 9.80. The molecule has 0 bridgehead atoms. The van der Waals surface area contributed by atoms with E-state index in [1.165, 1.54) is 32.1 Å². The van der Waals surface area contributed by atoms with Gasteiger partial charge in [-0.15, -0.1) is 0 Å². The Bertz CT molecular complexity index is 1220. The third kappa shape index (κ3) is 4.89. The van der Waals surface area contributed by atoms with E-state index in [4.69, 9.17) is 16.3 Å². The van der Waals surface area contributed by atoms with Crippen LogP contribution in [0.15, 0.2) is 42.5 Å². The van der Waals surface area contributed by atoms with Crippen LogP contribution in [0.4, 0.5) is 8.78 Å². The number of aromatic nitrogens is 1. The van der Waals surface area contributed by atoms with Gasteiger partial charge in [0.15, 0.2) is 0 Å². The summed E-state index contributed by atoms with van der Waals surface area (Å²) in [7, 11) is 0. The van der Waals surface area contributed by atoms with E-state index in [0.717, 1.165) is 22.2 Å². The molecule has 34 heavy (non-hydrogen) atoms. The Hall–Kier alpha value is -2.70. The highest BCUT2D eigenvalue weighted by Gasteiger charge is 2.40. The maximum atomic E-state index is 15.7. The molecule has 0 radical (unpaired) electrons. The van der Waals surface area contributed by atoms with E-state index in [1.807, 2.05) is 36.1 Å². The Balaban J connectivity index is 1.85. The molecular formula is C27H29ClF2N2O2. The van der Waals surface area contributed by atoms with E-state index in [9.17, 15) is 9.18 Å². The summed E-state index contributed by atoms with van der Waals surface area (Å²) in [6, 6.07) is 10.3. The minimum atomic E-state index is -1.48. The maximum Gasteiger partial charge on any atom is 0.330 e. The zero-order chi connectivity index (χ0) is 24.6. The van der Waals surface area contributed by atoms with Gasteiger partial charge in [0.2, 0.25) is 0 Å². The van der Waals surface area contributed by atoms with Crippen molar-refractivity contribution in [2.45, 2.75) is 51.9 Å². The van der Waals surface area contributed by atoms with Crippen LogP contribution < -0.4 is 0 Å². The molecular weight excluding hydrogens is 458 g/mol. The number of H-pyrrole nitrogens is 1. The van der Waals surface area contributed by atoms with Crippen LogP contribution in [0.5, 0.6) is 0 Å². The molecule has 0 fully saturated rings. The van der Waals surface area contributed by atoms with Gasteiger partial charge in [0.25, 0.3) is 0 Å². The van der Waals surface area contributed by atoms with Gasteiger partial charge in [-0.25, -0.2) is 13.6 Å². The predicted molar refractivity (Wildman–Crippen MR) is 132 cm³/mol. The SMILES string of the molecule is CCOC(=O)/C=C/c1cc(F)c([C@@H]2c3[nH]c4ccccc4c3C[C@@H](C)N2CC(C)(C)F)c(Cl)c1. The summed E-state index contributed by atoms with van der Waals surface area (Å²) >= 11 is 6.67. The normalized spacial score (nSPS) is 19.0. The summed E-state index contributed by atoms with van der Waals surface area (Å²) in [6.07, 6.45) is 3.42. The van der Waals surface area contributed by atoms with Gasteiger partial charge < -0.3 is 9.72 Å². The number of rotatable bonds is 6. The number of hydrogen-bond donors (Lipinski definition) is 1. The molecule has 1 N–H and O–H groups in total.